The van der Waals surface area contributed by atoms with Crippen molar-refractivity contribution < 1.29 is 25.9 Å². The van der Waals surface area contributed by atoms with Crippen LogP contribution in [0.3, 0.4) is 0 Å². The molecule has 0 aliphatic heterocycles. The smallest absolute Gasteiger partial charge is 0.282 e. The second-order valence-corrected chi connectivity index (χ2v) is 6.26. The Kier molecular flexibility index (Phi) is 2.86. The van der Waals surface area contributed by atoms with Crippen LogP contribution in [0.25, 0.3) is 10.9 Å². The molecule has 18 heavy (non-hydrogen) atoms. The third-order valence-corrected chi connectivity index (χ3v) is 3.92. The van der Waals surface area contributed by atoms with Crippen LogP contribution in [0.1, 0.15) is 0 Å². The fourth-order valence-electron chi connectivity index (χ4n) is 1.48. The Morgan fingerprint density at radius 1 is 1.00 bits per heavy atom. The van der Waals surface area contributed by atoms with Crippen LogP contribution in [0.15, 0.2) is 40.3 Å². The maximum absolute atomic E-state index is 11.2. The van der Waals surface area contributed by atoms with Gasteiger partial charge in [0, 0.05) is 11.6 Å². The minimum Gasteiger partial charge on any atom is -0.282 e. The van der Waals surface area contributed by atoms with Crippen molar-refractivity contribution in [3.63, 3.8) is 0 Å². The molecule has 0 bridgehead atoms. The monoisotopic (exact) mass is 289 g/mol. The highest BCUT2D eigenvalue weighted by molar-refractivity contribution is 7.86. The first kappa shape index (κ1) is 12.9. The van der Waals surface area contributed by atoms with Gasteiger partial charge in [-0.05, 0) is 18.2 Å². The summed E-state index contributed by atoms with van der Waals surface area (Å²) in [5.74, 6) is 0. The van der Waals surface area contributed by atoms with Crippen molar-refractivity contribution in [2.75, 3.05) is 0 Å². The maximum Gasteiger partial charge on any atom is 0.296 e. The number of hydrogen-bond donors (Lipinski definition) is 2. The van der Waals surface area contributed by atoms with Gasteiger partial charge in [-0.1, -0.05) is 6.07 Å². The zero-order chi connectivity index (χ0) is 13.6. The summed E-state index contributed by atoms with van der Waals surface area (Å²) in [6, 6.07) is 4.59. The van der Waals surface area contributed by atoms with E-state index in [-0.39, 0.29) is 10.9 Å². The molecular formula is C9H7NO6S2. The predicted molar refractivity (Wildman–Crippen MR) is 61.4 cm³/mol. The average Bonchev–Trinajstić information content (AvgIpc) is 2.25. The number of nitrogens with zero attached hydrogens (tertiary/aromatic N) is 1. The van der Waals surface area contributed by atoms with Gasteiger partial charge in [0.05, 0.1) is 10.4 Å². The molecule has 0 amide bonds. The Morgan fingerprint density at radius 2 is 1.67 bits per heavy atom. The Bertz CT molecular complexity index is 825. The van der Waals surface area contributed by atoms with Crippen LogP contribution in [-0.4, -0.2) is 30.9 Å². The summed E-state index contributed by atoms with van der Waals surface area (Å²) in [6.45, 7) is 0. The van der Waals surface area contributed by atoms with Crippen molar-refractivity contribution in [3.05, 3.63) is 30.5 Å². The molecule has 1 aromatic heterocycles. The molecule has 0 saturated carbocycles. The van der Waals surface area contributed by atoms with Crippen LogP contribution in [0.4, 0.5) is 0 Å². The second-order valence-electron chi connectivity index (χ2n) is 3.45. The van der Waals surface area contributed by atoms with Crippen LogP contribution >= 0.6 is 0 Å². The van der Waals surface area contributed by atoms with Crippen molar-refractivity contribution in [1.29, 1.82) is 0 Å². The quantitative estimate of drug-likeness (QED) is 0.781. The summed E-state index contributed by atoms with van der Waals surface area (Å²) in [6.07, 6.45) is 1.30. The van der Waals surface area contributed by atoms with Gasteiger partial charge in [0.2, 0.25) is 0 Å². The first-order valence-corrected chi connectivity index (χ1v) is 7.41. The molecule has 1 aromatic carbocycles. The molecule has 2 aromatic rings. The molecule has 0 radical (unpaired) electrons. The van der Waals surface area contributed by atoms with E-state index in [0.29, 0.717) is 6.07 Å². The lowest BCUT2D eigenvalue weighted by Gasteiger charge is -2.05. The summed E-state index contributed by atoms with van der Waals surface area (Å²) >= 11 is 0. The van der Waals surface area contributed by atoms with E-state index in [1.807, 2.05) is 0 Å². The van der Waals surface area contributed by atoms with Gasteiger partial charge in [0.1, 0.15) is 4.90 Å². The van der Waals surface area contributed by atoms with E-state index in [4.69, 9.17) is 9.11 Å². The van der Waals surface area contributed by atoms with Crippen molar-refractivity contribution in [2.24, 2.45) is 0 Å². The maximum atomic E-state index is 11.2. The largest absolute Gasteiger partial charge is 0.296 e. The number of aromatic nitrogens is 1. The normalized spacial score (nSPS) is 12.8. The van der Waals surface area contributed by atoms with Gasteiger partial charge in [0.15, 0.2) is 0 Å². The highest BCUT2D eigenvalue weighted by atomic mass is 32.2. The molecule has 0 unspecified atom stereocenters. The minimum absolute atomic E-state index is 0.0765. The molecule has 0 spiro atoms. The van der Waals surface area contributed by atoms with Gasteiger partial charge in [-0.25, -0.2) is 0 Å². The fraction of sp³-hybridized carbons (Fsp3) is 0. The molecule has 0 atom stereocenters. The summed E-state index contributed by atoms with van der Waals surface area (Å²) in [7, 11) is -9.23. The highest BCUT2D eigenvalue weighted by Gasteiger charge is 2.20. The summed E-state index contributed by atoms with van der Waals surface area (Å²) < 4.78 is 62.3. The first-order chi connectivity index (χ1) is 8.19. The van der Waals surface area contributed by atoms with Gasteiger partial charge in [-0.2, -0.15) is 16.8 Å². The Labute approximate surface area is 103 Å². The van der Waals surface area contributed by atoms with Crippen LogP contribution in [0, 0.1) is 0 Å². The molecule has 0 aliphatic carbocycles. The molecule has 7 nitrogen and oxygen atoms in total. The molecule has 2 rings (SSSR count). The summed E-state index contributed by atoms with van der Waals surface area (Å²) in [5, 5.41) is 0.167. The van der Waals surface area contributed by atoms with Crippen LogP contribution in [0.5, 0.6) is 0 Å². The van der Waals surface area contributed by atoms with Gasteiger partial charge in [0.25, 0.3) is 20.2 Å². The Balaban J connectivity index is 3.00. The van der Waals surface area contributed by atoms with Gasteiger partial charge < -0.3 is 0 Å². The second kappa shape index (κ2) is 3.99. The number of hydrogen-bond acceptors (Lipinski definition) is 5. The van der Waals surface area contributed by atoms with Gasteiger partial charge in [-0.15, -0.1) is 0 Å². The lowest BCUT2D eigenvalue weighted by Crippen LogP contribution is -2.05. The van der Waals surface area contributed by atoms with E-state index < -0.39 is 30.0 Å². The molecule has 0 saturated heterocycles. The molecule has 0 aliphatic rings. The standard InChI is InChI=1S/C9H7NO6S2/c11-17(12,13)7-4-6-2-1-3-10-9(6)8(5-7)18(14,15)16/h1-5H,(H,11,12,13)(H,14,15,16). The van der Waals surface area contributed by atoms with Gasteiger partial charge in [-0.3, -0.25) is 14.1 Å². The van der Waals surface area contributed by atoms with Crippen molar-refractivity contribution >= 4 is 31.1 Å². The number of rotatable bonds is 2. The molecule has 0 fully saturated rings. The first-order valence-electron chi connectivity index (χ1n) is 4.53. The minimum atomic E-state index is -4.65. The predicted octanol–water partition coefficient (Wildman–Crippen LogP) is 0.728. The molecule has 2 N–H and O–H groups in total. The Hall–Kier alpha value is -1.55. The molecule has 1 heterocycles. The van der Waals surface area contributed by atoms with Crippen LogP contribution < -0.4 is 0 Å². The van der Waals surface area contributed by atoms with E-state index in [2.05, 4.69) is 4.98 Å². The third kappa shape index (κ3) is 2.34. The van der Waals surface area contributed by atoms with Crippen LogP contribution in [-0.2, 0) is 20.2 Å². The zero-order valence-electron chi connectivity index (χ0n) is 8.68. The SMILES string of the molecule is O=S(=O)(O)c1cc(S(=O)(=O)O)c2ncccc2c1. The van der Waals surface area contributed by atoms with E-state index in [1.54, 1.807) is 0 Å². The lowest BCUT2D eigenvalue weighted by molar-refractivity contribution is 0.482. The van der Waals surface area contributed by atoms with Crippen molar-refractivity contribution in [3.8, 4) is 0 Å². The van der Waals surface area contributed by atoms with Crippen LogP contribution in [0.2, 0.25) is 0 Å². The van der Waals surface area contributed by atoms with Crippen molar-refractivity contribution in [1.82, 2.24) is 4.98 Å². The molecular weight excluding hydrogens is 282 g/mol. The molecule has 96 valence electrons. The number of pyridine rings is 1. The van der Waals surface area contributed by atoms with E-state index in [9.17, 15) is 16.8 Å². The average molecular weight is 289 g/mol. The van der Waals surface area contributed by atoms with Crippen molar-refractivity contribution in [2.45, 2.75) is 9.79 Å². The third-order valence-electron chi connectivity index (χ3n) is 2.22. The van der Waals surface area contributed by atoms with E-state index in [1.165, 1.54) is 18.3 Å². The Morgan fingerprint density at radius 3 is 2.22 bits per heavy atom. The topological polar surface area (TPSA) is 122 Å². The fourth-order valence-corrected chi connectivity index (χ4v) is 2.79. The van der Waals surface area contributed by atoms with Gasteiger partial charge >= 0.3 is 0 Å². The number of fused-ring (bicyclic) bond motifs is 1. The summed E-state index contributed by atoms with van der Waals surface area (Å²) in [4.78, 5) is 2.45. The number of benzene rings is 1. The lowest BCUT2D eigenvalue weighted by atomic mass is 10.2. The zero-order valence-corrected chi connectivity index (χ0v) is 10.3. The molecule has 9 heteroatoms. The van der Waals surface area contributed by atoms with E-state index >= 15 is 0 Å². The van der Waals surface area contributed by atoms with E-state index in [0.717, 1.165) is 6.07 Å². The highest BCUT2D eigenvalue weighted by Crippen LogP contribution is 2.25. The summed E-state index contributed by atoms with van der Waals surface area (Å²) in [5.41, 5.74) is -0.0765.